The maximum Gasteiger partial charge on any atom is 0.318 e. The van der Waals surface area contributed by atoms with Gasteiger partial charge in [-0.15, -0.1) is 0 Å². The molecule has 0 spiro atoms. The van der Waals surface area contributed by atoms with E-state index in [9.17, 15) is 22.0 Å². The molecule has 0 aromatic heterocycles. The first-order valence-corrected chi connectivity index (χ1v) is 7.87. The summed E-state index contributed by atoms with van der Waals surface area (Å²) in [5, 5.41) is 4.81. The maximum absolute atomic E-state index is 13.6. The van der Waals surface area contributed by atoms with E-state index in [0.717, 1.165) is 12.1 Å². The Bertz CT molecular complexity index is 841. The van der Waals surface area contributed by atoms with Gasteiger partial charge in [0, 0.05) is 18.8 Å². The van der Waals surface area contributed by atoms with Crippen LogP contribution >= 0.6 is 0 Å². The minimum Gasteiger partial charge on any atom is -0.341 e. The molecule has 0 atom stereocenters. The maximum atomic E-state index is 13.6. The van der Waals surface area contributed by atoms with E-state index in [1.165, 1.54) is 25.2 Å². The molecule has 6 nitrogen and oxygen atoms in total. The predicted molar refractivity (Wildman–Crippen MR) is 81.7 cm³/mol. The fourth-order valence-electron chi connectivity index (χ4n) is 1.76. The monoisotopic (exact) mass is 341 g/mol. The van der Waals surface area contributed by atoms with Crippen molar-refractivity contribution in [2.45, 2.75) is 4.90 Å². The van der Waals surface area contributed by atoms with E-state index in [0.29, 0.717) is 11.8 Å². The fourth-order valence-corrected chi connectivity index (χ4v) is 2.87. The number of benzene rings is 2. The number of sulfonamides is 1. The molecule has 2 aromatic rings. The summed E-state index contributed by atoms with van der Waals surface area (Å²) in [7, 11) is -2.80. The van der Waals surface area contributed by atoms with E-state index in [1.54, 1.807) is 6.07 Å². The summed E-state index contributed by atoms with van der Waals surface area (Å²) in [6.45, 7) is 0. The lowest BCUT2D eigenvalue weighted by molar-refractivity contribution is 0.254. The van der Waals surface area contributed by atoms with Crippen LogP contribution in [0.5, 0.6) is 0 Å². The zero-order chi connectivity index (χ0) is 17.0. The molecular weight excluding hydrogens is 328 g/mol. The van der Waals surface area contributed by atoms with Crippen LogP contribution < -0.4 is 15.4 Å². The molecule has 3 N–H and O–H groups in total. The quantitative estimate of drug-likeness (QED) is 0.798. The summed E-state index contributed by atoms with van der Waals surface area (Å²) >= 11 is 0. The standard InChI is InChI=1S/C14H13F2N3O3S/c1-17-14(20)18-10-3-2-4-11(8-10)19-23(21,22)13-6-5-9(15)7-12(13)16/h2-8,19H,1H3,(H2,17,18,20). The highest BCUT2D eigenvalue weighted by Crippen LogP contribution is 2.21. The first-order valence-electron chi connectivity index (χ1n) is 6.38. The SMILES string of the molecule is CNC(=O)Nc1cccc(NS(=O)(=O)c2ccc(F)cc2F)c1. The third-order valence-electron chi connectivity index (χ3n) is 2.78. The van der Waals surface area contributed by atoms with Crippen molar-refractivity contribution in [3.8, 4) is 0 Å². The largest absolute Gasteiger partial charge is 0.341 e. The molecule has 0 radical (unpaired) electrons. The molecule has 0 saturated heterocycles. The number of carbonyl (C=O) groups excluding carboxylic acids is 1. The highest BCUT2D eigenvalue weighted by molar-refractivity contribution is 7.92. The van der Waals surface area contributed by atoms with Crippen LogP contribution in [0.3, 0.4) is 0 Å². The van der Waals surface area contributed by atoms with Crippen LogP contribution in [0.1, 0.15) is 0 Å². The molecule has 0 aliphatic rings. The van der Waals surface area contributed by atoms with E-state index in [-0.39, 0.29) is 5.69 Å². The van der Waals surface area contributed by atoms with Gasteiger partial charge >= 0.3 is 6.03 Å². The molecular formula is C14H13F2N3O3S. The highest BCUT2D eigenvalue weighted by atomic mass is 32.2. The lowest BCUT2D eigenvalue weighted by Gasteiger charge is -2.11. The van der Waals surface area contributed by atoms with Crippen molar-refractivity contribution in [1.29, 1.82) is 0 Å². The van der Waals surface area contributed by atoms with Crippen molar-refractivity contribution in [1.82, 2.24) is 5.32 Å². The highest BCUT2D eigenvalue weighted by Gasteiger charge is 2.19. The lowest BCUT2D eigenvalue weighted by Crippen LogP contribution is -2.24. The number of urea groups is 1. The van der Waals surface area contributed by atoms with Crippen molar-refractivity contribution < 1.29 is 22.0 Å². The molecule has 0 heterocycles. The van der Waals surface area contributed by atoms with E-state index in [1.807, 2.05) is 0 Å². The average molecular weight is 341 g/mol. The van der Waals surface area contributed by atoms with Gasteiger partial charge in [-0.3, -0.25) is 4.72 Å². The van der Waals surface area contributed by atoms with Crippen LogP contribution in [0.4, 0.5) is 25.0 Å². The predicted octanol–water partition coefficient (Wildman–Crippen LogP) is 2.52. The van der Waals surface area contributed by atoms with Crippen molar-refractivity contribution in [2.24, 2.45) is 0 Å². The molecule has 2 amide bonds. The molecule has 0 fully saturated rings. The van der Waals surface area contributed by atoms with E-state index < -0.39 is 32.6 Å². The van der Waals surface area contributed by atoms with E-state index in [2.05, 4.69) is 15.4 Å². The molecule has 0 bridgehead atoms. The Hall–Kier alpha value is -2.68. The van der Waals surface area contributed by atoms with Gasteiger partial charge in [-0.1, -0.05) is 6.07 Å². The third-order valence-corrected chi connectivity index (χ3v) is 4.20. The van der Waals surface area contributed by atoms with Gasteiger partial charge in [-0.25, -0.2) is 22.0 Å². The first-order chi connectivity index (χ1) is 10.8. The summed E-state index contributed by atoms with van der Waals surface area (Å²) in [6.07, 6.45) is 0. The molecule has 0 saturated carbocycles. The Morgan fingerprint density at radius 1 is 1.04 bits per heavy atom. The van der Waals surface area contributed by atoms with Crippen LogP contribution in [0, 0.1) is 11.6 Å². The minimum absolute atomic E-state index is 0.114. The van der Waals surface area contributed by atoms with Gasteiger partial charge < -0.3 is 10.6 Å². The summed E-state index contributed by atoms with van der Waals surface area (Å²) in [5.41, 5.74) is 0.451. The second-order valence-corrected chi connectivity index (χ2v) is 6.12. The molecule has 0 aliphatic heterocycles. The lowest BCUT2D eigenvalue weighted by atomic mass is 10.3. The van der Waals surface area contributed by atoms with Crippen LogP contribution in [0.2, 0.25) is 0 Å². The number of carbonyl (C=O) groups is 1. The first kappa shape index (κ1) is 16.7. The van der Waals surface area contributed by atoms with Crippen molar-refractivity contribution in [3.63, 3.8) is 0 Å². The number of amides is 2. The van der Waals surface area contributed by atoms with Crippen molar-refractivity contribution in [3.05, 3.63) is 54.1 Å². The Kier molecular flexibility index (Phi) is 4.80. The number of rotatable bonds is 4. The smallest absolute Gasteiger partial charge is 0.318 e. The second kappa shape index (κ2) is 6.61. The molecule has 2 rings (SSSR count). The van der Waals surface area contributed by atoms with Gasteiger partial charge in [0.1, 0.15) is 16.5 Å². The minimum atomic E-state index is -4.23. The van der Waals surface area contributed by atoms with Crippen molar-refractivity contribution >= 4 is 27.4 Å². The van der Waals surface area contributed by atoms with Crippen LogP contribution in [0.25, 0.3) is 0 Å². The molecule has 23 heavy (non-hydrogen) atoms. The number of anilines is 2. The molecule has 9 heteroatoms. The van der Waals surface area contributed by atoms with Gasteiger partial charge in [0.2, 0.25) is 0 Å². The normalized spacial score (nSPS) is 10.9. The zero-order valence-corrected chi connectivity index (χ0v) is 12.7. The number of halogens is 2. The van der Waals surface area contributed by atoms with Crippen molar-refractivity contribution in [2.75, 3.05) is 17.1 Å². The fraction of sp³-hybridized carbons (Fsp3) is 0.0714. The second-order valence-electron chi connectivity index (χ2n) is 4.47. The summed E-state index contributed by atoms with van der Waals surface area (Å²) in [4.78, 5) is 10.6. The Morgan fingerprint density at radius 3 is 2.39 bits per heavy atom. The molecule has 2 aromatic carbocycles. The molecule has 0 unspecified atom stereocenters. The summed E-state index contributed by atoms with van der Waals surface area (Å²) in [6, 6.07) is 7.52. The van der Waals surface area contributed by atoms with Crippen LogP contribution in [0.15, 0.2) is 47.4 Å². The zero-order valence-electron chi connectivity index (χ0n) is 11.9. The topological polar surface area (TPSA) is 87.3 Å². The summed E-state index contributed by atoms with van der Waals surface area (Å²) < 4.78 is 53.0. The summed E-state index contributed by atoms with van der Waals surface area (Å²) in [5.74, 6) is -2.07. The van der Waals surface area contributed by atoms with E-state index in [4.69, 9.17) is 0 Å². The van der Waals surface area contributed by atoms with Crippen LogP contribution in [-0.4, -0.2) is 21.5 Å². The Morgan fingerprint density at radius 2 is 1.74 bits per heavy atom. The van der Waals surface area contributed by atoms with Crippen LogP contribution in [-0.2, 0) is 10.0 Å². The molecule has 0 aliphatic carbocycles. The molecule has 122 valence electrons. The third kappa shape index (κ3) is 4.16. The van der Waals surface area contributed by atoms with E-state index >= 15 is 0 Å². The Labute approximate surface area is 131 Å². The van der Waals surface area contributed by atoms with Gasteiger partial charge in [-0.05, 0) is 30.3 Å². The van der Waals surface area contributed by atoms with Gasteiger partial charge in [0.05, 0.1) is 5.69 Å². The van der Waals surface area contributed by atoms with Gasteiger partial charge in [-0.2, -0.15) is 0 Å². The Balaban J connectivity index is 2.27. The van der Waals surface area contributed by atoms with Gasteiger partial charge in [0.15, 0.2) is 0 Å². The average Bonchev–Trinajstić information content (AvgIpc) is 2.46. The number of hydrogen-bond acceptors (Lipinski definition) is 3. The number of nitrogens with one attached hydrogen (secondary N) is 3. The number of hydrogen-bond donors (Lipinski definition) is 3. The van der Waals surface area contributed by atoms with Gasteiger partial charge in [0.25, 0.3) is 10.0 Å².